The molecule has 4 rings (SSSR count). The summed E-state index contributed by atoms with van der Waals surface area (Å²) in [4.78, 5) is 17.0. The number of hydrogen-bond donors (Lipinski definition) is 1. The predicted molar refractivity (Wildman–Crippen MR) is 98.6 cm³/mol. The molecular weight excluding hydrogens is 326 g/mol. The van der Waals surface area contributed by atoms with Gasteiger partial charge in [0.25, 0.3) is 0 Å². The number of amides is 1. The summed E-state index contributed by atoms with van der Waals surface area (Å²) in [5.41, 5.74) is 5.17. The third-order valence-electron chi connectivity index (χ3n) is 4.96. The lowest BCUT2D eigenvalue weighted by Crippen LogP contribution is -2.29. The van der Waals surface area contributed by atoms with Crippen molar-refractivity contribution < 1.29 is 4.79 Å². The molecule has 132 valence electrons. The summed E-state index contributed by atoms with van der Waals surface area (Å²) < 4.78 is 1.78. The quantitative estimate of drug-likeness (QED) is 0.787. The summed E-state index contributed by atoms with van der Waals surface area (Å²) in [5.74, 6) is 0.0154. The smallest absolute Gasteiger partial charge is 0.227 e. The lowest BCUT2D eigenvalue weighted by atomic mass is 9.89. The van der Waals surface area contributed by atoms with Gasteiger partial charge in [0.2, 0.25) is 5.91 Å². The fourth-order valence-corrected chi connectivity index (χ4v) is 3.49. The fourth-order valence-electron chi connectivity index (χ4n) is 3.49. The number of para-hydroxylation sites is 1. The lowest BCUT2D eigenvalue weighted by molar-refractivity contribution is -0.120. The highest BCUT2D eigenvalue weighted by Crippen LogP contribution is 2.26. The maximum absolute atomic E-state index is 12.8. The molecule has 1 aliphatic rings. The third kappa shape index (κ3) is 3.35. The van der Waals surface area contributed by atoms with Crippen LogP contribution in [-0.4, -0.2) is 25.9 Å². The number of benzene rings is 1. The summed E-state index contributed by atoms with van der Waals surface area (Å²) in [6.45, 7) is 0. The molecule has 6 heteroatoms. The predicted octanol–water partition coefficient (Wildman–Crippen LogP) is 2.54. The summed E-state index contributed by atoms with van der Waals surface area (Å²) >= 11 is 0. The van der Waals surface area contributed by atoms with Crippen LogP contribution in [0.25, 0.3) is 0 Å². The van der Waals surface area contributed by atoms with Crippen LogP contribution in [0.5, 0.6) is 0 Å². The number of hydrogen-bond acceptors (Lipinski definition) is 4. The first kappa shape index (κ1) is 16.4. The van der Waals surface area contributed by atoms with E-state index in [1.54, 1.807) is 10.9 Å². The first-order chi connectivity index (χ1) is 12.7. The Bertz CT molecular complexity index is 919. The molecule has 2 heterocycles. The first-order valence-electron chi connectivity index (χ1n) is 8.86. The van der Waals surface area contributed by atoms with Crippen LogP contribution in [0.1, 0.15) is 28.9 Å². The Kier molecular flexibility index (Phi) is 4.48. The number of aromatic nitrogens is 4. The van der Waals surface area contributed by atoms with E-state index in [2.05, 4.69) is 20.6 Å². The number of anilines is 1. The average molecular weight is 347 g/mol. The van der Waals surface area contributed by atoms with Crippen LogP contribution in [0.3, 0.4) is 0 Å². The monoisotopic (exact) mass is 347 g/mol. The number of fused-ring (bicyclic) bond motifs is 1. The minimum Gasteiger partial charge on any atom is -0.326 e. The molecule has 0 bridgehead atoms. The largest absolute Gasteiger partial charge is 0.326 e. The van der Waals surface area contributed by atoms with E-state index in [1.165, 1.54) is 0 Å². The van der Waals surface area contributed by atoms with E-state index in [-0.39, 0.29) is 11.8 Å². The Morgan fingerprint density at radius 3 is 3.00 bits per heavy atom. The van der Waals surface area contributed by atoms with Gasteiger partial charge in [0.1, 0.15) is 0 Å². The van der Waals surface area contributed by atoms with Crippen molar-refractivity contribution in [2.24, 2.45) is 13.0 Å². The molecule has 1 atom stereocenters. The minimum atomic E-state index is -0.0499. The van der Waals surface area contributed by atoms with Crippen LogP contribution in [-0.2, 0) is 31.1 Å². The molecule has 0 saturated heterocycles. The molecule has 1 aliphatic carbocycles. The van der Waals surface area contributed by atoms with E-state index in [0.717, 1.165) is 47.5 Å². The van der Waals surface area contributed by atoms with Gasteiger partial charge in [-0.3, -0.25) is 14.5 Å². The molecule has 1 aromatic carbocycles. The Hall–Kier alpha value is -3.02. The fraction of sp³-hybridized carbons (Fsp3) is 0.300. The van der Waals surface area contributed by atoms with Crippen LogP contribution in [0.2, 0.25) is 0 Å². The van der Waals surface area contributed by atoms with Crippen molar-refractivity contribution in [3.63, 3.8) is 0 Å². The molecule has 0 radical (unpaired) electrons. The molecule has 6 nitrogen and oxygen atoms in total. The van der Waals surface area contributed by atoms with Gasteiger partial charge in [0, 0.05) is 43.9 Å². The number of carbonyl (C=O) groups excluding carboxylic acids is 1. The second-order valence-electron chi connectivity index (χ2n) is 6.73. The van der Waals surface area contributed by atoms with Crippen molar-refractivity contribution in [3.05, 3.63) is 71.3 Å². The zero-order valence-corrected chi connectivity index (χ0v) is 14.7. The Morgan fingerprint density at radius 1 is 1.27 bits per heavy atom. The van der Waals surface area contributed by atoms with Gasteiger partial charge in [-0.2, -0.15) is 0 Å². The van der Waals surface area contributed by atoms with Crippen LogP contribution in [0.15, 0.2) is 48.8 Å². The van der Waals surface area contributed by atoms with E-state index in [0.29, 0.717) is 6.42 Å². The third-order valence-corrected chi connectivity index (χ3v) is 4.96. The molecule has 1 N–H and O–H groups in total. The van der Waals surface area contributed by atoms with Crippen LogP contribution >= 0.6 is 0 Å². The molecular formula is C20H21N5O. The SMILES string of the molecule is Cn1nnc2c1CC(C(=O)Nc1ccccc1Cc1cccnc1)CC2. The molecule has 26 heavy (non-hydrogen) atoms. The second kappa shape index (κ2) is 7.07. The van der Waals surface area contributed by atoms with Crippen molar-refractivity contribution in [3.8, 4) is 0 Å². The summed E-state index contributed by atoms with van der Waals surface area (Å²) in [7, 11) is 1.88. The van der Waals surface area contributed by atoms with Gasteiger partial charge in [0.15, 0.2) is 0 Å². The molecule has 0 saturated carbocycles. The molecule has 1 amide bonds. The summed E-state index contributed by atoms with van der Waals surface area (Å²) in [6.07, 6.45) is 6.67. The molecule has 1 unspecified atom stereocenters. The molecule has 3 aromatic rings. The highest BCUT2D eigenvalue weighted by molar-refractivity contribution is 5.93. The van der Waals surface area contributed by atoms with Crippen LogP contribution < -0.4 is 5.32 Å². The maximum atomic E-state index is 12.8. The van der Waals surface area contributed by atoms with Gasteiger partial charge in [-0.15, -0.1) is 5.10 Å². The van der Waals surface area contributed by atoms with Gasteiger partial charge < -0.3 is 5.32 Å². The molecule has 0 aliphatic heterocycles. The standard InChI is InChI=1S/C20H21N5O/c1-25-19-12-16(8-9-18(19)23-24-25)20(26)22-17-7-3-2-6-15(17)11-14-5-4-10-21-13-14/h2-7,10,13,16H,8-9,11-12H2,1H3,(H,22,26). The van der Waals surface area contributed by atoms with E-state index in [9.17, 15) is 4.79 Å². The lowest BCUT2D eigenvalue weighted by Gasteiger charge is -2.22. The van der Waals surface area contributed by atoms with E-state index < -0.39 is 0 Å². The number of aryl methyl sites for hydroxylation is 2. The zero-order valence-electron chi connectivity index (χ0n) is 14.7. The maximum Gasteiger partial charge on any atom is 0.227 e. The van der Waals surface area contributed by atoms with Crippen LogP contribution in [0, 0.1) is 5.92 Å². The number of carbonyl (C=O) groups is 1. The van der Waals surface area contributed by atoms with Crippen LogP contribution in [0.4, 0.5) is 5.69 Å². The van der Waals surface area contributed by atoms with E-state index in [4.69, 9.17) is 0 Å². The molecule has 2 aromatic heterocycles. The number of pyridine rings is 1. The minimum absolute atomic E-state index is 0.0499. The van der Waals surface area contributed by atoms with Gasteiger partial charge in [-0.1, -0.05) is 29.5 Å². The summed E-state index contributed by atoms with van der Waals surface area (Å²) in [5, 5.41) is 11.4. The van der Waals surface area contributed by atoms with E-state index >= 15 is 0 Å². The Balaban J connectivity index is 1.49. The van der Waals surface area contributed by atoms with Crippen molar-refractivity contribution in [1.82, 2.24) is 20.0 Å². The Morgan fingerprint density at radius 2 is 2.15 bits per heavy atom. The van der Waals surface area contributed by atoms with Crippen molar-refractivity contribution in [2.75, 3.05) is 5.32 Å². The number of nitrogens with zero attached hydrogens (tertiary/aromatic N) is 4. The zero-order chi connectivity index (χ0) is 17.9. The van der Waals surface area contributed by atoms with Gasteiger partial charge in [-0.05, 0) is 36.1 Å². The normalized spacial score (nSPS) is 16.1. The number of rotatable bonds is 4. The van der Waals surface area contributed by atoms with Gasteiger partial charge >= 0.3 is 0 Å². The topological polar surface area (TPSA) is 72.7 Å². The van der Waals surface area contributed by atoms with Crippen molar-refractivity contribution in [2.45, 2.75) is 25.7 Å². The average Bonchev–Trinajstić information content (AvgIpc) is 3.04. The summed E-state index contributed by atoms with van der Waals surface area (Å²) in [6, 6.07) is 11.9. The highest BCUT2D eigenvalue weighted by Gasteiger charge is 2.28. The highest BCUT2D eigenvalue weighted by atomic mass is 16.1. The van der Waals surface area contributed by atoms with Crippen molar-refractivity contribution in [1.29, 1.82) is 0 Å². The first-order valence-corrected chi connectivity index (χ1v) is 8.86. The molecule has 0 fully saturated rings. The van der Waals surface area contributed by atoms with Gasteiger partial charge in [0.05, 0.1) is 11.4 Å². The number of nitrogens with one attached hydrogen (secondary N) is 1. The van der Waals surface area contributed by atoms with E-state index in [1.807, 2.05) is 49.6 Å². The second-order valence-corrected chi connectivity index (χ2v) is 6.73. The Labute approximate surface area is 152 Å². The van der Waals surface area contributed by atoms with Gasteiger partial charge in [-0.25, -0.2) is 0 Å². The van der Waals surface area contributed by atoms with Crippen molar-refractivity contribution >= 4 is 11.6 Å². The molecule has 0 spiro atoms.